The van der Waals surface area contributed by atoms with Gasteiger partial charge in [0.25, 0.3) is 0 Å². The maximum Gasteiger partial charge on any atom is 0.228 e. The predicted octanol–water partition coefficient (Wildman–Crippen LogP) is 4.89. The van der Waals surface area contributed by atoms with Crippen LogP contribution in [-0.4, -0.2) is 63.3 Å². The molecule has 1 amide bonds. The van der Waals surface area contributed by atoms with Gasteiger partial charge >= 0.3 is 0 Å². The molecule has 10 heteroatoms. The normalized spacial score (nSPS) is 11.8. The number of carbonyl (C=O) groups is 1. The second kappa shape index (κ2) is 12.0. The van der Waals surface area contributed by atoms with Gasteiger partial charge in [-0.25, -0.2) is 13.4 Å². The molecule has 0 saturated heterocycles. The van der Waals surface area contributed by atoms with Crippen molar-refractivity contribution < 1.29 is 17.9 Å². The number of hydrogen-bond acceptors (Lipinski definition) is 7. The molecule has 7 nitrogen and oxygen atoms in total. The fraction of sp³-hybridized carbons (Fsp3) is 0.417. The van der Waals surface area contributed by atoms with E-state index in [1.165, 1.54) is 23.5 Å². The van der Waals surface area contributed by atoms with Gasteiger partial charge in [-0.3, -0.25) is 9.69 Å². The van der Waals surface area contributed by atoms with Crippen LogP contribution in [0.25, 0.3) is 10.2 Å². The fourth-order valence-electron chi connectivity index (χ4n) is 3.61. The molecule has 2 aromatic carbocycles. The minimum absolute atomic E-state index is 0.109. The van der Waals surface area contributed by atoms with Crippen LogP contribution in [0.1, 0.15) is 26.7 Å². The van der Waals surface area contributed by atoms with Gasteiger partial charge in [0.2, 0.25) is 5.91 Å². The predicted molar refractivity (Wildman–Crippen MR) is 139 cm³/mol. The van der Waals surface area contributed by atoms with E-state index in [1.807, 2.05) is 18.2 Å². The van der Waals surface area contributed by atoms with E-state index in [0.717, 1.165) is 23.3 Å². The Labute approximate surface area is 210 Å². The van der Waals surface area contributed by atoms with Crippen molar-refractivity contribution in [1.29, 1.82) is 0 Å². The number of likely N-dealkylation sites (N-methyl/N-ethyl adjacent to an activating group) is 1. The number of rotatable bonds is 12. The highest BCUT2D eigenvalue weighted by atomic mass is 35.5. The molecule has 0 atom stereocenters. The number of carbonyl (C=O) groups excluding carboxylic acids is 1. The van der Waals surface area contributed by atoms with E-state index in [9.17, 15) is 13.2 Å². The molecule has 0 saturated carbocycles. The van der Waals surface area contributed by atoms with Crippen LogP contribution in [0.3, 0.4) is 0 Å². The molecule has 1 aromatic heterocycles. The number of aromatic nitrogens is 1. The van der Waals surface area contributed by atoms with Crippen molar-refractivity contribution >= 4 is 54.0 Å². The number of amides is 1. The lowest BCUT2D eigenvalue weighted by Crippen LogP contribution is -2.38. The van der Waals surface area contributed by atoms with Crippen LogP contribution in [0, 0.1) is 0 Å². The third-order valence-corrected chi connectivity index (χ3v) is 8.75. The van der Waals surface area contributed by atoms with E-state index in [0.29, 0.717) is 29.0 Å². The van der Waals surface area contributed by atoms with Crippen molar-refractivity contribution in [3.05, 3.63) is 47.5 Å². The third kappa shape index (κ3) is 6.47. The topological polar surface area (TPSA) is 79.8 Å². The summed E-state index contributed by atoms with van der Waals surface area (Å²) in [5.41, 5.74) is 0.718. The van der Waals surface area contributed by atoms with Crippen molar-refractivity contribution in [3.8, 4) is 5.75 Å². The monoisotopic (exact) mass is 523 g/mol. The molecule has 0 spiro atoms. The summed E-state index contributed by atoms with van der Waals surface area (Å²) in [5.74, 6) is 0.402. The molecule has 34 heavy (non-hydrogen) atoms. The Balaban J connectivity index is 1.76. The maximum absolute atomic E-state index is 13.3. The minimum atomic E-state index is -3.49. The lowest BCUT2D eigenvalue weighted by atomic mass is 10.3. The molecule has 184 valence electrons. The van der Waals surface area contributed by atoms with Crippen LogP contribution in [0.5, 0.6) is 5.75 Å². The largest absolute Gasteiger partial charge is 0.494 e. The second-order valence-electron chi connectivity index (χ2n) is 7.75. The Hall–Kier alpha value is -2.20. The second-order valence-corrected chi connectivity index (χ2v) is 11.3. The number of nitrogens with zero attached hydrogens (tertiary/aromatic N) is 3. The van der Waals surface area contributed by atoms with Gasteiger partial charge in [0.1, 0.15) is 11.3 Å². The van der Waals surface area contributed by atoms with E-state index in [4.69, 9.17) is 21.3 Å². The zero-order valence-electron chi connectivity index (χ0n) is 19.7. The summed E-state index contributed by atoms with van der Waals surface area (Å²) in [6.45, 7) is 7.11. The number of halogens is 1. The Bertz CT molecular complexity index is 1210. The van der Waals surface area contributed by atoms with E-state index in [2.05, 4.69) is 18.7 Å². The van der Waals surface area contributed by atoms with Crippen molar-refractivity contribution in [2.24, 2.45) is 0 Å². The Morgan fingerprint density at radius 1 is 1.09 bits per heavy atom. The SMILES string of the molecule is CCN(CC)CCN(C(=O)CCCS(=O)(=O)c1ccc(Cl)cc1)c1nc2c(OC)cccc2s1. The van der Waals surface area contributed by atoms with E-state index < -0.39 is 9.84 Å². The van der Waals surface area contributed by atoms with Crippen LogP contribution in [0.15, 0.2) is 47.4 Å². The van der Waals surface area contributed by atoms with Gasteiger partial charge in [-0.1, -0.05) is 42.9 Å². The molecule has 1 heterocycles. The number of sulfone groups is 1. The Morgan fingerprint density at radius 2 is 1.79 bits per heavy atom. The first-order valence-electron chi connectivity index (χ1n) is 11.2. The van der Waals surface area contributed by atoms with Crippen LogP contribution in [-0.2, 0) is 14.6 Å². The zero-order valence-corrected chi connectivity index (χ0v) is 22.0. The van der Waals surface area contributed by atoms with Gasteiger partial charge in [0, 0.05) is 24.5 Å². The highest BCUT2D eigenvalue weighted by Gasteiger charge is 2.22. The van der Waals surface area contributed by atoms with Crippen molar-refractivity contribution in [2.75, 3.05) is 43.9 Å². The molecule has 3 aromatic rings. The zero-order chi connectivity index (χ0) is 24.7. The van der Waals surface area contributed by atoms with Gasteiger partial charge < -0.3 is 9.64 Å². The summed E-state index contributed by atoms with van der Waals surface area (Å²) in [5, 5.41) is 1.07. The lowest BCUT2D eigenvalue weighted by molar-refractivity contribution is -0.118. The number of hydrogen-bond donors (Lipinski definition) is 0. The van der Waals surface area contributed by atoms with E-state index >= 15 is 0 Å². The highest BCUT2D eigenvalue weighted by Crippen LogP contribution is 2.34. The first-order valence-corrected chi connectivity index (χ1v) is 14.1. The van der Waals surface area contributed by atoms with Crippen molar-refractivity contribution in [3.63, 3.8) is 0 Å². The van der Waals surface area contributed by atoms with Crippen LogP contribution in [0.2, 0.25) is 5.02 Å². The molecule has 0 bridgehead atoms. The Morgan fingerprint density at radius 3 is 2.44 bits per heavy atom. The maximum atomic E-state index is 13.3. The average molecular weight is 524 g/mol. The van der Waals surface area contributed by atoms with Gasteiger partial charge in [-0.15, -0.1) is 0 Å². The molecular weight excluding hydrogens is 494 g/mol. The van der Waals surface area contributed by atoms with Crippen LogP contribution < -0.4 is 9.64 Å². The number of anilines is 1. The molecular formula is C24H30ClN3O4S2. The standard InChI is InChI=1S/C24H30ClN3O4S2/c1-4-27(5-2)15-16-28(24-26-23-20(32-3)8-6-9-21(23)33-24)22(29)10-7-17-34(30,31)19-13-11-18(25)12-14-19/h6,8-9,11-14H,4-5,7,10,15-17H2,1-3H3. The summed E-state index contributed by atoms with van der Waals surface area (Å²) < 4.78 is 31.6. The molecule has 0 aliphatic carbocycles. The molecule has 0 aliphatic rings. The first kappa shape index (κ1) is 26.4. The van der Waals surface area contributed by atoms with Gasteiger partial charge in [-0.05, 0) is 55.9 Å². The van der Waals surface area contributed by atoms with Crippen molar-refractivity contribution in [2.45, 2.75) is 31.6 Å². The molecule has 0 N–H and O–H groups in total. The number of thiazole rings is 1. The quantitative estimate of drug-likeness (QED) is 0.336. The molecule has 3 rings (SSSR count). The number of methoxy groups -OCH3 is 1. The molecule has 0 unspecified atom stereocenters. The first-order chi connectivity index (χ1) is 16.3. The number of para-hydroxylation sites is 1. The summed E-state index contributed by atoms with van der Waals surface area (Å²) in [4.78, 5) is 22.1. The molecule has 0 aliphatic heterocycles. The van der Waals surface area contributed by atoms with E-state index in [-0.39, 0.29) is 29.4 Å². The highest BCUT2D eigenvalue weighted by molar-refractivity contribution is 7.91. The average Bonchev–Trinajstić information content (AvgIpc) is 3.26. The lowest BCUT2D eigenvalue weighted by Gasteiger charge is -2.24. The molecule has 0 fully saturated rings. The van der Waals surface area contributed by atoms with Crippen LogP contribution in [0.4, 0.5) is 5.13 Å². The van der Waals surface area contributed by atoms with Crippen LogP contribution >= 0.6 is 22.9 Å². The summed E-state index contributed by atoms with van der Waals surface area (Å²) in [7, 11) is -1.90. The van der Waals surface area contributed by atoms with Gasteiger partial charge in [0.05, 0.1) is 22.5 Å². The number of benzene rings is 2. The van der Waals surface area contributed by atoms with E-state index in [1.54, 1.807) is 24.1 Å². The number of ether oxygens (including phenoxy) is 1. The van der Waals surface area contributed by atoms with Gasteiger partial charge in [-0.2, -0.15) is 0 Å². The summed E-state index contributed by atoms with van der Waals surface area (Å²) in [6.07, 6.45) is 0.331. The smallest absolute Gasteiger partial charge is 0.228 e. The Kier molecular flexibility index (Phi) is 9.30. The summed E-state index contributed by atoms with van der Waals surface area (Å²) >= 11 is 7.29. The minimum Gasteiger partial charge on any atom is -0.494 e. The number of fused-ring (bicyclic) bond motifs is 1. The summed E-state index contributed by atoms with van der Waals surface area (Å²) in [6, 6.07) is 11.8. The fourth-order valence-corrected chi connectivity index (χ4v) is 6.07. The molecule has 0 radical (unpaired) electrons. The van der Waals surface area contributed by atoms with Crippen molar-refractivity contribution in [1.82, 2.24) is 9.88 Å². The third-order valence-electron chi connectivity index (χ3n) is 5.63. The van der Waals surface area contributed by atoms with Gasteiger partial charge in [0.15, 0.2) is 15.0 Å².